The molecule has 0 saturated carbocycles. The van der Waals surface area contributed by atoms with Crippen molar-refractivity contribution in [1.82, 2.24) is 5.32 Å². The minimum absolute atomic E-state index is 0.0755. The predicted octanol–water partition coefficient (Wildman–Crippen LogP) is 3.35. The number of rotatable bonds is 8. The van der Waals surface area contributed by atoms with Gasteiger partial charge in [-0.3, -0.25) is 4.79 Å². The predicted molar refractivity (Wildman–Crippen MR) is 90.8 cm³/mol. The number of halogens is 2. The molecule has 2 N–H and O–H groups in total. The topological polar surface area (TPSA) is 67.8 Å². The minimum atomic E-state index is -0.928. The largest absolute Gasteiger partial charge is 0.493 e. The zero-order valence-electron chi connectivity index (χ0n) is 13.0. The molecule has 0 saturated heterocycles. The Hall–Kier alpha value is -2.12. The van der Waals surface area contributed by atoms with Crippen LogP contribution in [0.2, 0.25) is 0 Å². The van der Waals surface area contributed by atoms with Crippen LogP contribution in [0.15, 0.2) is 40.9 Å². The Morgan fingerprint density at radius 3 is 2.67 bits per heavy atom. The first-order valence-corrected chi connectivity index (χ1v) is 7.95. The van der Waals surface area contributed by atoms with Gasteiger partial charge in [0, 0.05) is 16.6 Å². The number of hydrogen-bond acceptors (Lipinski definition) is 4. The van der Waals surface area contributed by atoms with Gasteiger partial charge in [0.05, 0.1) is 13.7 Å². The van der Waals surface area contributed by atoms with E-state index >= 15 is 0 Å². The Morgan fingerprint density at radius 2 is 2.00 bits per heavy atom. The molecule has 0 aliphatic carbocycles. The molecule has 5 nitrogen and oxygen atoms in total. The summed E-state index contributed by atoms with van der Waals surface area (Å²) in [5.41, 5.74) is 1.27. The summed E-state index contributed by atoms with van der Waals surface area (Å²) in [5, 5.41) is 11.5. The van der Waals surface area contributed by atoms with Crippen molar-refractivity contribution in [2.24, 2.45) is 0 Å². The van der Waals surface area contributed by atoms with Crippen molar-refractivity contribution >= 4 is 21.9 Å². The molecule has 24 heavy (non-hydrogen) atoms. The standard InChI is InChI=1S/C17H17BrFNO4/c1-23-15-6-12(8-20-9-17(21)22)13(18)7-16(15)24-10-11-4-2-3-5-14(11)19/h2-7,20H,8-10H2,1H3,(H,21,22). The maximum atomic E-state index is 13.6. The normalized spacial score (nSPS) is 10.5. The van der Waals surface area contributed by atoms with E-state index in [0.717, 1.165) is 10.0 Å². The van der Waals surface area contributed by atoms with Crippen LogP contribution in [0.5, 0.6) is 11.5 Å². The van der Waals surface area contributed by atoms with Gasteiger partial charge in [0.15, 0.2) is 11.5 Å². The second-order valence-electron chi connectivity index (χ2n) is 4.97. The van der Waals surface area contributed by atoms with E-state index in [9.17, 15) is 9.18 Å². The average Bonchev–Trinajstić information content (AvgIpc) is 2.55. The van der Waals surface area contributed by atoms with E-state index in [4.69, 9.17) is 14.6 Å². The lowest BCUT2D eigenvalue weighted by atomic mass is 10.2. The van der Waals surface area contributed by atoms with Crippen molar-refractivity contribution in [3.8, 4) is 11.5 Å². The van der Waals surface area contributed by atoms with Crippen LogP contribution in [0, 0.1) is 5.82 Å². The fourth-order valence-electron chi connectivity index (χ4n) is 2.06. The van der Waals surface area contributed by atoms with Crippen LogP contribution in [-0.2, 0) is 17.9 Å². The Kier molecular flexibility index (Phi) is 6.57. The smallest absolute Gasteiger partial charge is 0.317 e. The molecule has 0 aliphatic heterocycles. The fraction of sp³-hybridized carbons (Fsp3) is 0.235. The molecule has 0 aromatic heterocycles. The van der Waals surface area contributed by atoms with Gasteiger partial charge in [-0.2, -0.15) is 0 Å². The molecule has 0 heterocycles. The number of ether oxygens (including phenoxy) is 2. The number of carbonyl (C=O) groups is 1. The molecule has 0 radical (unpaired) electrons. The molecular formula is C17H17BrFNO4. The maximum Gasteiger partial charge on any atom is 0.317 e. The zero-order valence-corrected chi connectivity index (χ0v) is 14.6. The van der Waals surface area contributed by atoms with Crippen LogP contribution in [0.25, 0.3) is 0 Å². The quantitative estimate of drug-likeness (QED) is 0.714. The third kappa shape index (κ3) is 4.94. The first kappa shape index (κ1) is 18.2. The summed E-state index contributed by atoms with van der Waals surface area (Å²) in [4.78, 5) is 10.5. The van der Waals surface area contributed by atoms with Crippen LogP contribution in [0.1, 0.15) is 11.1 Å². The highest BCUT2D eigenvalue weighted by atomic mass is 79.9. The van der Waals surface area contributed by atoms with E-state index in [1.165, 1.54) is 13.2 Å². The highest BCUT2D eigenvalue weighted by Gasteiger charge is 2.12. The van der Waals surface area contributed by atoms with Gasteiger partial charge in [-0.05, 0) is 23.8 Å². The molecule has 0 aliphatic rings. The highest BCUT2D eigenvalue weighted by Crippen LogP contribution is 2.34. The lowest BCUT2D eigenvalue weighted by molar-refractivity contribution is -0.135. The van der Waals surface area contributed by atoms with E-state index in [1.807, 2.05) is 0 Å². The third-order valence-corrected chi connectivity index (χ3v) is 4.00. The Bertz CT molecular complexity index is 724. The van der Waals surface area contributed by atoms with Crippen LogP contribution < -0.4 is 14.8 Å². The van der Waals surface area contributed by atoms with Crippen molar-refractivity contribution < 1.29 is 23.8 Å². The summed E-state index contributed by atoms with van der Waals surface area (Å²) < 4.78 is 25.4. The van der Waals surface area contributed by atoms with Crippen LogP contribution in [-0.4, -0.2) is 24.7 Å². The lowest BCUT2D eigenvalue weighted by Crippen LogP contribution is -2.22. The van der Waals surface area contributed by atoms with Crippen LogP contribution in [0.4, 0.5) is 4.39 Å². The zero-order chi connectivity index (χ0) is 17.5. The van der Waals surface area contributed by atoms with Gasteiger partial charge in [-0.25, -0.2) is 4.39 Å². The Morgan fingerprint density at radius 1 is 1.25 bits per heavy atom. The number of hydrogen-bond donors (Lipinski definition) is 2. The van der Waals surface area contributed by atoms with Gasteiger partial charge in [0.25, 0.3) is 0 Å². The molecule has 0 bridgehead atoms. The van der Waals surface area contributed by atoms with Crippen molar-refractivity contribution in [2.75, 3.05) is 13.7 Å². The van der Waals surface area contributed by atoms with Crippen molar-refractivity contribution in [3.05, 3.63) is 57.8 Å². The number of aliphatic carboxylic acids is 1. The number of benzene rings is 2. The first-order chi connectivity index (χ1) is 11.5. The molecule has 0 amide bonds. The Balaban J connectivity index is 2.11. The Labute approximate surface area is 147 Å². The second-order valence-corrected chi connectivity index (χ2v) is 5.83. The summed E-state index contributed by atoms with van der Waals surface area (Å²) in [6.45, 7) is 0.295. The van der Waals surface area contributed by atoms with Crippen LogP contribution in [0.3, 0.4) is 0 Å². The molecule has 7 heteroatoms. The molecule has 0 fully saturated rings. The van der Waals surface area contributed by atoms with Gasteiger partial charge in [0.2, 0.25) is 0 Å². The van der Waals surface area contributed by atoms with E-state index in [1.54, 1.807) is 30.3 Å². The number of carboxylic acid groups (broad SMARTS) is 1. The van der Waals surface area contributed by atoms with E-state index in [2.05, 4.69) is 21.2 Å². The number of methoxy groups -OCH3 is 1. The summed E-state index contributed by atoms with van der Waals surface area (Å²) in [5.74, 6) is -0.302. The molecule has 2 aromatic carbocycles. The fourth-order valence-corrected chi connectivity index (χ4v) is 2.52. The molecule has 128 valence electrons. The van der Waals surface area contributed by atoms with E-state index < -0.39 is 5.97 Å². The molecule has 2 rings (SSSR count). The van der Waals surface area contributed by atoms with Crippen molar-refractivity contribution in [3.63, 3.8) is 0 Å². The summed E-state index contributed by atoms with van der Waals surface area (Å²) in [7, 11) is 1.51. The first-order valence-electron chi connectivity index (χ1n) is 7.16. The van der Waals surface area contributed by atoms with Gasteiger partial charge in [-0.15, -0.1) is 0 Å². The maximum absolute atomic E-state index is 13.6. The molecule has 0 spiro atoms. The van der Waals surface area contributed by atoms with Gasteiger partial charge < -0.3 is 19.9 Å². The van der Waals surface area contributed by atoms with E-state index in [0.29, 0.717) is 23.6 Å². The summed E-state index contributed by atoms with van der Waals surface area (Å²) >= 11 is 3.42. The van der Waals surface area contributed by atoms with Gasteiger partial charge in [0.1, 0.15) is 12.4 Å². The summed E-state index contributed by atoms with van der Waals surface area (Å²) in [6, 6.07) is 9.86. The van der Waals surface area contributed by atoms with Crippen molar-refractivity contribution in [2.45, 2.75) is 13.2 Å². The average molecular weight is 398 g/mol. The minimum Gasteiger partial charge on any atom is -0.493 e. The highest BCUT2D eigenvalue weighted by molar-refractivity contribution is 9.10. The number of carboxylic acids is 1. The van der Waals surface area contributed by atoms with E-state index in [-0.39, 0.29) is 19.0 Å². The van der Waals surface area contributed by atoms with Gasteiger partial charge >= 0.3 is 5.97 Å². The molecule has 0 atom stereocenters. The molecule has 0 unspecified atom stereocenters. The molecular weight excluding hydrogens is 381 g/mol. The van der Waals surface area contributed by atoms with Crippen LogP contribution >= 0.6 is 15.9 Å². The van der Waals surface area contributed by atoms with Gasteiger partial charge in [-0.1, -0.05) is 34.1 Å². The third-order valence-electron chi connectivity index (χ3n) is 3.27. The summed E-state index contributed by atoms with van der Waals surface area (Å²) in [6.07, 6.45) is 0. The lowest BCUT2D eigenvalue weighted by Gasteiger charge is -2.14. The molecule has 2 aromatic rings. The monoisotopic (exact) mass is 397 g/mol. The number of nitrogens with one attached hydrogen (secondary N) is 1. The SMILES string of the molecule is COc1cc(CNCC(=O)O)c(Br)cc1OCc1ccccc1F. The second kappa shape index (κ2) is 8.65. The van der Waals surface area contributed by atoms with Crippen molar-refractivity contribution in [1.29, 1.82) is 0 Å².